The van der Waals surface area contributed by atoms with E-state index in [4.69, 9.17) is 0 Å². The predicted molar refractivity (Wildman–Crippen MR) is 89.9 cm³/mol. The Hall–Kier alpha value is -2.71. The van der Waals surface area contributed by atoms with E-state index >= 15 is 0 Å². The highest BCUT2D eigenvalue weighted by Crippen LogP contribution is 2.20. The molecule has 2 aromatic carbocycles. The Morgan fingerprint density at radius 3 is 2.50 bits per heavy atom. The molecule has 5 heteroatoms. The van der Waals surface area contributed by atoms with Crippen molar-refractivity contribution in [1.82, 2.24) is 0 Å². The molecular weight excluding hydrogens is 344 g/mol. The lowest BCUT2D eigenvalue weighted by Crippen LogP contribution is -1.90. The molecule has 22 heavy (non-hydrogen) atoms. The number of nitriles is 1. The number of hydrogen-bond donors (Lipinski definition) is 0. The molecule has 0 amide bonds. The van der Waals surface area contributed by atoms with Crippen LogP contribution in [-0.4, -0.2) is 4.92 Å². The Labute approximate surface area is 136 Å². The molecule has 0 saturated carbocycles. The van der Waals surface area contributed by atoms with Gasteiger partial charge in [0, 0.05) is 10.5 Å². The highest BCUT2D eigenvalue weighted by atomic mass is 79.9. The number of nitrogens with zero attached hydrogens (tertiary/aromatic N) is 2. The first-order chi connectivity index (χ1) is 10.6. The van der Waals surface area contributed by atoms with Crippen molar-refractivity contribution >= 4 is 33.3 Å². The van der Waals surface area contributed by atoms with Gasteiger partial charge in [-0.2, -0.15) is 5.26 Å². The van der Waals surface area contributed by atoms with Crippen LogP contribution in [0.15, 0.2) is 65.2 Å². The monoisotopic (exact) mass is 354 g/mol. The van der Waals surface area contributed by atoms with Gasteiger partial charge in [-0.1, -0.05) is 46.3 Å². The van der Waals surface area contributed by atoms with Crippen molar-refractivity contribution in [3.05, 3.63) is 86.4 Å². The van der Waals surface area contributed by atoms with Crippen LogP contribution >= 0.6 is 15.9 Å². The molecule has 0 aliphatic heterocycles. The summed E-state index contributed by atoms with van der Waals surface area (Å²) in [7, 11) is 0. The molecule has 0 bridgehead atoms. The summed E-state index contributed by atoms with van der Waals surface area (Å²) in [5.74, 6) is 0. The summed E-state index contributed by atoms with van der Waals surface area (Å²) in [6.45, 7) is 0. The van der Waals surface area contributed by atoms with E-state index in [-0.39, 0.29) is 5.69 Å². The van der Waals surface area contributed by atoms with Crippen LogP contribution in [0.25, 0.3) is 11.6 Å². The molecule has 0 heterocycles. The van der Waals surface area contributed by atoms with Crippen molar-refractivity contribution in [2.45, 2.75) is 0 Å². The molecule has 0 aliphatic rings. The first kappa shape index (κ1) is 15.7. The van der Waals surface area contributed by atoms with Crippen LogP contribution in [0.1, 0.15) is 11.1 Å². The number of nitro benzene ring substituents is 1. The molecule has 0 aromatic heterocycles. The fourth-order valence-electron chi connectivity index (χ4n) is 1.87. The summed E-state index contributed by atoms with van der Waals surface area (Å²) in [6.07, 6.45) is 4.90. The minimum atomic E-state index is -0.427. The van der Waals surface area contributed by atoms with Gasteiger partial charge in [-0.05, 0) is 35.9 Å². The van der Waals surface area contributed by atoms with Crippen molar-refractivity contribution in [2.75, 3.05) is 0 Å². The lowest BCUT2D eigenvalue weighted by molar-refractivity contribution is -0.385. The third-order valence-corrected chi connectivity index (χ3v) is 3.48. The maximum Gasteiger partial charge on any atom is 0.276 e. The molecule has 108 valence electrons. The zero-order valence-corrected chi connectivity index (χ0v) is 13.0. The number of allylic oxidation sites excluding steroid dienone is 3. The van der Waals surface area contributed by atoms with E-state index in [2.05, 4.69) is 22.0 Å². The Balaban J connectivity index is 2.28. The summed E-state index contributed by atoms with van der Waals surface area (Å²) in [6, 6.07) is 16.0. The second-order valence-electron chi connectivity index (χ2n) is 4.37. The van der Waals surface area contributed by atoms with Gasteiger partial charge in [0.2, 0.25) is 0 Å². The largest absolute Gasteiger partial charge is 0.276 e. The summed E-state index contributed by atoms with van der Waals surface area (Å²) in [4.78, 5) is 10.5. The fraction of sp³-hybridized carbons (Fsp3) is 0. The molecule has 0 N–H and O–H groups in total. The standard InChI is InChI=1S/C17H11BrN2O2/c18-16-10-8-13(9-11-16)15(12-19)6-3-5-14-4-1-2-7-17(14)20(21)22/h1-11H/b5-3-,15-6-. The summed E-state index contributed by atoms with van der Waals surface area (Å²) in [5, 5.41) is 20.1. The van der Waals surface area contributed by atoms with Crippen LogP contribution in [0.4, 0.5) is 5.69 Å². The second-order valence-corrected chi connectivity index (χ2v) is 5.29. The third-order valence-electron chi connectivity index (χ3n) is 2.95. The second kappa shape index (κ2) is 7.34. The molecule has 0 aliphatic carbocycles. The van der Waals surface area contributed by atoms with E-state index in [0.29, 0.717) is 11.1 Å². The maximum atomic E-state index is 10.9. The van der Waals surface area contributed by atoms with E-state index in [1.165, 1.54) is 6.07 Å². The molecule has 2 rings (SSSR count). The quantitative estimate of drug-likeness (QED) is 0.336. The molecule has 0 saturated heterocycles. The smallest absolute Gasteiger partial charge is 0.258 e. The number of halogens is 1. The highest BCUT2D eigenvalue weighted by Gasteiger charge is 2.08. The maximum absolute atomic E-state index is 10.9. The number of rotatable bonds is 4. The van der Waals surface area contributed by atoms with Crippen molar-refractivity contribution in [3.8, 4) is 6.07 Å². The van der Waals surface area contributed by atoms with Gasteiger partial charge in [0.15, 0.2) is 0 Å². The van der Waals surface area contributed by atoms with Crippen LogP contribution in [0.2, 0.25) is 0 Å². The molecule has 4 nitrogen and oxygen atoms in total. The number of nitro groups is 1. The predicted octanol–water partition coefficient (Wildman–Crippen LogP) is 4.98. The van der Waals surface area contributed by atoms with Gasteiger partial charge in [-0.15, -0.1) is 0 Å². The lowest BCUT2D eigenvalue weighted by Gasteiger charge is -1.98. The Kier molecular flexibility index (Phi) is 5.23. The first-order valence-corrected chi connectivity index (χ1v) is 7.19. The summed E-state index contributed by atoms with van der Waals surface area (Å²) >= 11 is 3.34. The lowest BCUT2D eigenvalue weighted by atomic mass is 10.1. The molecule has 0 spiro atoms. The topological polar surface area (TPSA) is 66.9 Å². The van der Waals surface area contributed by atoms with E-state index in [1.54, 1.807) is 36.4 Å². The normalized spacial score (nSPS) is 11.4. The Morgan fingerprint density at radius 1 is 1.18 bits per heavy atom. The van der Waals surface area contributed by atoms with Crippen molar-refractivity contribution in [1.29, 1.82) is 5.26 Å². The number of hydrogen-bond acceptors (Lipinski definition) is 3. The third kappa shape index (κ3) is 3.90. The van der Waals surface area contributed by atoms with Crippen molar-refractivity contribution < 1.29 is 4.92 Å². The van der Waals surface area contributed by atoms with Crippen LogP contribution in [-0.2, 0) is 0 Å². The minimum Gasteiger partial charge on any atom is -0.258 e. The Bertz CT molecular complexity index is 787. The zero-order chi connectivity index (χ0) is 15.9. The summed E-state index contributed by atoms with van der Waals surface area (Å²) < 4.78 is 0.934. The Morgan fingerprint density at radius 2 is 1.86 bits per heavy atom. The van der Waals surface area contributed by atoms with Gasteiger partial charge in [0.1, 0.15) is 0 Å². The summed E-state index contributed by atoms with van der Waals surface area (Å²) in [5.41, 5.74) is 1.81. The van der Waals surface area contributed by atoms with Crippen LogP contribution < -0.4 is 0 Å². The van der Waals surface area contributed by atoms with Crippen LogP contribution in [0.3, 0.4) is 0 Å². The van der Waals surface area contributed by atoms with Gasteiger partial charge in [-0.3, -0.25) is 10.1 Å². The van der Waals surface area contributed by atoms with Crippen LogP contribution in [0, 0.1) is 21.4 Å². The van der Waals surface area contributed by atoms with Gasteiger partial charge < -0.3 is 0 Å². The minimum absolute atomic E-state index is 0.0364. The van der Waals surface area contributed by atoms with Crippen LogP contribution in [0.5, 0.6) is 0 Å². The molecule has 0 fully saturated rings. The molecule has 0 unspecified atom stereocenters. The van der Waals surface area contributed by atoms with E-state index in [9.17, 15) is 15.4 Å². The van der Waals surface area contributed by atoms with Crippen molar-refractivity contribution in [3.63, 3.8) is 0 Å². The van der Waals surface area contributed by atoms with Gasteiger partial charge in [0.25, 0.3) is 5.69 Å². The fourth-order valence-corrected chi connectivity index (χ4v) is 2.13. The molecular formula is C17H11BrN2O2. The van der Waals surface area contributed by atoms with E-state index in [1.807, 2.05) is 24.3 Å². The van der Waals surface area contributed by atoms with Gasteiger partial charge in [-0.25, -0.2) is 0 Å². The average molecular weight is 355 g/mol. The van der Waals surface area contributed by atoms with Gasteiger partial charge >= 0.3 is 0 Å². The highest BCUT2D eigenvalue weighted by molar-refractivity contribution is 9.10. The molecule has 2 aromatic rings. The molecule has 0 atom stereocenters. The SMILES string of the molecule is N#C/C(=C/C=C\c1ccccc1[N+](=O)[O-])c1ccc(Br)cc1. The van der Waals surface area contributed by atoms with E-state index < -0.39 is 4.92 Å². The average Bonchev–Trinajstić information content (AvgIpc) is 2.53. The number of para-hydroxylation sites is 1. The number of benzene rings is 2. The molecule has 0 radical (unpaired) electrons. The first-order valence-electron chi connectivity index (χ1n) is 6.39. The van der Waals surface area contributed by atoms with Gasteiger partial charge in [0.05, 0.1) is 22.1 Å². The van der Waals surface area contributed by atoms with E-state index in [0.717, 1.165) is 10.0 Å². The zero-order valence-electron chi connectivity index (χ0n) is 11.4. The van der Waals surface area contributed by atoms with Crippen molar-refractivity contribution in [2.24, 2.45) is 0 Å².